The molecule has 1 unspecified atom stereocenters. The van der Waals surface area contributed by atoms with E-state index in [1.165, 1.54) is 0 Å². The Balaban J connectivity index is 2.50. The number of likely N-dealkylation sites (N-methyl/N-ethyl adjacent to an activating group) is 1. The van der Waals surface area contributed by atoms with Gasteiger partial charge in [-0.1, -0.05) is 6.92 Å². The monoisotopic (exact) mass is 200 g/mol. The summed E-state index contributed by atoms with van der Waals surface area (Å²) in [4.78, 5) is 13.1. The van der Waals surface area contributed by atoms with Gasteiger partial charge in [0, 0.05) is 19.6 Å². The van der Waals surface area contributed by atoms with Crippen molar-refractivity contribution in [2.24, 2.45) is 5.41 Å². The summed E-state index contributed by atoms with van der Waals surface area (Å²) in [6.07, 6.45) is 1.10. The minimum absolute atomic E-state index is 0.166. The van der Waals surface area contributed by atoms with Crippen molar-refractivity contribution in [3.8, 4) is 0 Å². The SMILES string of the molecule is CCN(CC1(C)CCNC1)C(=O)CO. The van der Waals surface area contributed by atoms with Gasteiger partial charge in [0.1, 0.15) is 6.61 Å². The highest BCUT2D eigenvalue weighted by atomic mass is 16.3. The normalized spacial score (nSPS) is 26.5. The molecule has 0 spiro atoms. The predicted molar refractivity (Wildman–Crippen MR) is 54.9 cm³/mol. The van der Waals surface area contributed by atoms with Crippen LogP contribution >= 0.6 is 0 Å². The second kappa shape index (κ2) is 4.75. The molecule has 1 aliphatic heterocycles. The lowest BCUT2D eigenvalue weighted by Crippen LogP contribution is -2.42. The van der Waals surface area contributed by atoms with Gasteiger partial charge in [-0.2, -0.15) is 0 Å². The van der Waals surface area contributed by atoms with Crippen LogP contribution in [-0.4, -0.2) is 48.7 Å². The van der Waals surface area contributed by atoms with Crippen LogP contribution in [0.15, 0.2) is 0 Å². The van der Waals surface area contributed by atoms with E-state index in [4.69, 9.17) is 5.11 Å². The van der Waals surface area contributed by atoms with Gasteiger partial charge in [0.15, 0.2) is 0 Å². The van der Waals surface area contributed by atoms with Gasteiger partial charge >= 0.3 is 0 Å². The quantitative estimate of drug-likeness (QED) is 0.662. The fourth-order valence-electron chi connectivity index (χ4n) is 1.94. The number of hydrogen-bond acceptors (Lipinski definition) is 3. The Hall–Kier alpha value is -0.610. The Morgan fingerprint density at radius 1 is 1.64 bits per heavy atom. The van der Waals surface area contributed by atoms with Crippen LogP contribution in [0.5, 0.6) is 0 Å². The van der Waals surface area contributed by atoms with Crippen molar-refractivity contribution in [1.29, 1.82) is 0 Å². The van der Waals surface area contributed by atoms with E-state index in [1.54, 1.807) is 4.90 Å². The Kier molecular flexibility index (Phi) is 3.89. The van der Waals surface area contributed by atoms with E-state index in [-0.39, 0.29) is 17.9 Å². The molecule has 0 radical (unpaired) electrons. The highest BCUT2D eigenvalue weighted by Crippen LogP contribution is 2.25. The van der Waals surface area contributed by atoms with Gasteiger partial charge in [-0.25, -0.2) is 0 Å². The summed E-state index contributed by atoms with van der Waals surface area (Å²) in [5.41, 5.74) is 0.181. The molecule has 1 saturated heterocycles. The van der Waals surface area contributed by atoms with Gasteiger partial charge in [0.05, 0.1) is 0 Å². The van der Waals surface area contributed by atoms with E-state index in [9.17, 15) is 4.79 Å². The van der Waals surface area contributed by atoms with Crippen molar-refractivity contribution in [1.82, 2.24) is 10.2 Å². The summed E-state index contributed by atoms with van der Waals surface area (Å²) >= 11 is 0. The molecule has 1 amide bonds. The van der Waals surface area contributed by atoms with E-state index < -0.39 is 0 Å². The maximum Gasteiger partial charge on any atom is 0.248 e. The third-order valence-electron chi connectivity index (χ3n) is 2.90. The number of carbonyl (C=O) groups excluding carboxylic acids is 1. The number of nitrogens with zero attached hydrogens (tertiary/aromatic N) is 1. The maximum atomic E-state index is 11.3. The average molecular weight is 200 g/mol. The zero-order valence-corrected chi connectivity index (χ0v) is 9.05. The third kappa shape index (κ3) is 2.69. The molecule has 0 saturated carbocycles. The highest BCUT2D eigenvalue weighted by Gasteiger charge is 2.31. The first-order valence-electron chi connectivity index (χ1n) is 5.20. The van der Waals surface area contributed by atoms with Crippen molar-refractivity contribution in [2.45, 2.75) is 20.3 Å². The van der Waals surface area contributed by atoms with Gasteiger partial charge in [-0.3, -0.25) is 4.79 Å². The van der Waals surface area contributed by atoms with Crippen LogP contribution in [0.25, 0.3) is 0 Å². The largest absolute Gasteiger partial charge is 0.387 e. The van der Waals surface area contributed by atoms with Crippen LogP contribution in [0.3, 0.4) is 0 Å². The van der Waals surface area contributed by atoms with E-state index in [1.807, 2.05) is 6.92 Å². The van der Waals surface area contributed by atoms with Gasteiger partial charge in [-0.05, 0) is 25.3 Å². The molecule has 0 aromatic rings. The molecule has 2 N–H and O–H groups in total. The smallest absolute Gasteiger partial charge is 0.248 e. The van der Waals surface area contributed by atoms with Crippen molar-refractivity contribution in [3.05, 3.63) is 0 Å². The Labute approximate surface area is 85.3 Å². The van der Waals surface area contributed by atoms with Gasteiger partial charge < -0.3 is 15.3 Å². The molecule has 4 nitrogen and oxygen atoms in total. The minimum Gasteiger partial charge on any atom is -0.387 e. The fourth-order valence-corrected chi connectivity index (χ4v) is 1.94. The zero-order chi connectivity index (χ0) is 10.6. The Morgan fingerprint density at radius 3 is 2.79 bits per heavy atom. The lowest BCUT2D eigenvalue weighted by molar-refractivity contribution is -0.135. The molecule has 82 valence electrons. The molecule has 1 aliphatic rings. The lowest BCUT2D eigenvalue weighted by atomic mass is 9.89. The third-order valence-corrected chi connectivity index (χ3v) is 2.90. The lowest BCUT2D eigenvalue weighted by Gasteiger charge is -2.30. The molecule has 0 aliphatic carbocycles. The van der Waals surface area contributed by atoms with E-state index in [2.05, 4.69) is 12.2 Å². The van der Waals surface area contributed by atoms with E-state index >= 15 is 0 Å². The summed E-state index contributed by atoms with van der Waals surface area (Å²) in [6, 6.07) is 0. The molecule has 14 heavy (non-hydrogen) atoms. The maximum absolute atomic E-state index is 11.3. The van der Waals surface area contributed by atoms with E-state index in [0.29, 0.717) is 6.54 Å². The molecule has 1 fully saturated rings. The minimum atomic E-state index is -0.378. The van der Waals surface area contributed by atoms with E-state index in [0.717, 1.165) is 26.1 Å². The number of aliphatic hydroxyl groups excluding tert-OH is 1. The van der Waals surface area contributed by atoms with Crippen LogP contribution in [0.1, 0.15) is 20.3 Å². The summed E-state index contributed by atoms with van der Waals surface area (Å²) < 4.78 is 0. The summed E-state index contributed by atoms with van der Waals surface area (Å²) in [5.74, 6) is -0.166. The van der Waals surface area contributed by atoms with Crippen molar-refractivity contribution in [3.63, 3.8) is 0 Å². The molecule has 1 rings (SSSR count). The fraction of sp³-hybridized carbons (Fsp3) is 0.900. The second-order valence-electron chi connectivity index (χ2n) is 4.30. The van der Waals surface area contributed by atoms with Crippen molar-refractivity contribution < 1.29 is 9.90 Å². The van der Waals surface area contributed by atoms with Crippen LogP contribution in [0.2, 0.25) is 0 Å². The predicted octanol–water partition coefficient (Wildman–Crippen LogP) is -0.173. The zero-order valence-electron chi connectivity index (χ0n) is 9.05. The first-order valence-corrected chi connectivity index (χ1v) is 5.20. The molecule has 0 aromatic heterocycles. The van der Waals surface area contributed by atoms with Crippen molar-refractivity contribution >= 4 is 5.91 Å². The number of carbonyl (C=O) groups is 1. The number of aliphatic hydroxyl groups is 1. The van der Waals surface area contributed by atoms with Gasteiger partial charge in [0.2, 0.25) is 5.91 Å². The summed E-state index contributed by atoms with van der Waals surface area (Å²) in [6.45, 7) is 7.16. The summed E-state index contributed by atoms with van der Waals surface area (Å²) in [5, 5.41) is 12.1. The van der Waals surface area contributed by atoms with Crippen LogP contribution in [0.4, 0.5) is 0 Å². The molecular weight excluding hydrogens is 180 g/mol. The van der Waals surface area contributed by atoms with Gasteiger partial charge in [0.25, 0.3) is 0 Å². The molecule has 1 heterocycles. The Morgan fingerprint density at radius 2 is 2.36 bits per heavy atom. The van der Waals surface area contributed by atoms with Crippen LogP contribution in [-0.2, 0) is 4.79 Å². The van der Waals surface area contributed by atoms with Gasteiger partial charge in [-0.15, -0.1) is 0 Å². The Bertz CT molecular complexity index is 200. The average Bonchev–Trinajstić information content (AvgIpc) is 2.61. The molecule has 1 atom stereocenters. The number of amides is 1. The number of nitrogens with one attached hydrogen (secondary N) is 1. The highest BCUT2D eigenvalue weighted by molar-refractivity contribution is 5.77. The van der Waals surface area contributed by atoms with Crippen LogP contribution in [0, 0.1) is 5.41 Å². The first-order chi connectivity index (χ1) is 6.61. The number of hydrogen-bond donors (Lipinski definition) is 2. The van der Waals surface area contributed by atoms with Crippen molar-refractivity contribution in [2.75, 3.05) is 32.8 Å². The first kappa shape index (κ1) is 11.5. The number of rotatable bonds is 4. The molecule has 4 heteroatoms. The summed E-state index contributed by atoms with van der Waals surface area (Å²) in [7, 11) is 0. The second-order valence-corrected chi connectivity index (χ2v) is 4.30. The molecule has 0 aromatic carbocycles. The standard InChI is InChI=1S/C10H20N2O2/c1-3-12(9(14)6-13)8-10(2)4-5-11-7-10/h11,13H,3-8H2,1-2H3. The van der Waals surface area contributed by atoms with Crippen LogP contribution < -0.4 is 5.32 Å². The molecular formula is C10H20N2O2. The molecule has 0 bridgehead atoms. The topological polar surface area (TPSA) is 52.6 Å².